The largest absolute Gasteiger partial charge is 0.452 e. The summed E-state index contributed by atoms with van der Waals surface area (Å²) < 4.78 is 5.03. The van der Waals surface area contributed by atoms with E-state index in [1.54, 1.807) is 19.9 Å². The lowest BCUT2D eigenvalue weighted by Crippen LogP contribution is -2.46. The molecule has 2 atom stereocenters. The van der Waals surface area contributed by atoms with Crippen molar-refractivity contribution in [3.8, 4) is 0 Å². The molecule has 0 saturated carbocycles. The minimum Gasteiger partial charge on any atom is -0.452 e. The molecule has 26 heavy (non-hydrogen) atoms. The lowest BCUT2D eigenvalue weighted by molar-refractivity contribution is -0.154. The molecule has 8 nitrogen and oxygen atoms in total. The lowest BCUT2D eigenvalue weighted by atomic mass is 10.2. The Balaban J connectivity index is 1.85. The van der Waals surface area contributed by atoms with Gasteiger partial charge in [-0.3, -0.25) is 19.7 Å². The third kappa shape index (κ3) is 5.48. The van der Waals surface area contributed by atoms with Crippen molar-refractivity contribution in [3.63, 3.8) is 0 Å². The van der Waals surface area contributed by atoms with Gasteiger partial charge in [-0.1, -0.05) is 12.1 Å². The molecular formula is C17H21N3O5S. The number of thioether (sulfide) groups is 1. The number of hydrogen-bond donors (Lipinski definition) is 3. The number of nitrogens with one attached hydrogen (secondary N) is 3. The van der Waals surface area contributed by atoms with E-state index in [4.69, 9.17) is 4.74 Å². The molecule has 0 fully saturated rings. The monoisotopic (exact) mass is 379 g/mol. The summed E-state index contributed by atoms with van der Waals surface area (Å²) in [7, 11) is 0. The first-order valence-corrected chi connectivity index (χ1v) is 9.01. The maximum absolute atomic E-state index is 12.1. The van der Waals surface area contributed by atoms with Crippen molar-refractivity contribution < 1.29 is 23.9 Å². The van der Waals surface area contributed by atoms with Crippen LogP contribution in [0, 0.1) is 0 Å². The zero-order chi connectivity index (χ0) is 19.3. The molecule has 9 heteroatoms. The van der Waals surface area contributed by atoms with Gasteiger partial charge in [-0.25, -0.2) is 4.79 Å². The Morgan fingerprint density at radius 2 is 1.92 bits per heavy atom. The summed E-state index contributed by atoms with van der Waals surface area (Å²) >= 11 is 1.27. The van der Waals surface area contributed by atoms with Crippen molar-refractivity contribution in [1.82, 2.24) is 10.6 Å². The Morgan fingerprint density at radius 1 is 1.23 bits per heavy atom. The summed E-state index contributed by atoms with van der Waals surface area (Å²) in [5.74, 6) is -1.72. The van der Waals surface area contributed by atoms with Crippen molar-refractivity contribution in [3.05, 3.63) is 24.3 Å². The van der Waals surface area contributed by atoms with Gasteiger partial charge in [0.05, 0.1) is 17.4 Å². The number of anilines is 1. The zero-order valence-electron chi connectivity index (χ0n) is 14.7. The van der Waals surface area contributed by atoms with Gasteiger partial charge in [0.25, 0.3) is 5.91 Å². The summed E-state index contributed by atoms with van der Waals surface area (Å²) in [4.78, 5) is 48.3. The van der Waals surface area contributed by atoms with E-state index in [0.29, 0.717) is 5.69 Å². The summed E-state index contributed by atoms with van der Waals surface area (Å²) in [6.45, 7) is 4.86. The van der Waals surface area contributed by atoms with Gasteiger partial charge in [0, 0.05) is 10.9 Å². The van der Waals surface area contributed by atoms with E-state index < -0.39 is 29.3 Å². The molecule has 0 unspecified atom stereocenters. The SMILES string of the molecule is CC(C)NC(=O)NC(=O)[C@H](C)OC(=O)C[C@@H]1Sc2ccccc2NC1=O. The summed E-state index contributed by atoms with van der Waals surface area (Å²) in [6, 6.07) is 6.49. The number of ether oxygens (including phenoxy) is 1. The van der Waals surface area contributed by atoms with Crippen LogP contribution >= 0.6 is 11.8 Å². The fourth-order valence-electron chi connectivity index (χ4n) is 2.19. The minimum atomic E-state index is -1.15. The number of para-hydroxylation sites is 1. The van der Waals surface area contributed by atoms with Crippen LogP contribution in [0.2, 0.25) is 0 Å². The van der Waals surface area contributed by atoms with Crippen molar-refractivity contribution in [2.75, 3.05) is 5.32 Å². The molecule has 0 aromatic heterocycles. The predicted molar refractivity (Wildman–Crippen MR) is 96.7 cm³/mol. The van der Waals surface area contributed by atoms with Crippen LogP contribution in [0.15, 0.2) is 29.2 Å². The first-order chi connectivity index (χ1) is 12.3. The second kappa shape index (κ2) is 8.70. The van der Waals surface area contributed by atoms with Crippen LogP contribution in [0.5, 0.6) is 0 Å². The highest BCUT2D eigenvalue weighted by molar-refractivity contribution is 8.01. The summed E-state index contributed by atoms with van der Waals surface area (Å²) in [5, 5.41) is 6.68. The van der Waals surface area contributed by atoms with Gasteiger partial charge in [-0.15, -0.1) is 11.8 Å². The number of benzene rings is 1. The number of amides is 4. The molecule has 0 aliphatic carbocycles. The van der Waals surface area contributed by atoms with Crippen molar-refractivity contribution in [2.45, 2.75) is 49.5 Å². The number of fused-ring (bicyclic) bond motifs is 1. The molecule has 4 amide bonds. The highest BCUT2D eigenvalue weighted by Gasteiger charge is 2.30. The molecule has 0 radical (unpaired) electrons. The molecule has 1 aliphatic rings. The normalized spacial score (nSPS) is 16.9. The van der Waals surface area contributed by atoms with E-state index in [1.165, 1.54) is 18.7 Å². The lowest BCUT2D eigenvalue weighted by Gasteiger charge is -2.23. The Morgan fingerprint density at radius 3 is 2.62 bits per heavy atom. The van der Waals surface area contributed by atoms with Crippen molar-refractivity contribution in [2.24, 2.45) is 0 Å². The number of carbonyl (C=O) groups excluding carboxylic acids is 4. The highest BCUT2D eigenvalue weighted by Crippen LogP contribution is 2.36. The van der Waals surface area contributed by atoms with E-state index in [-0.39, 0.29) is 18.4 Å². The van der Waals surface area contributed by atoms with Crippen LogP contribution in [-0.2, 0) is 19.1 Å². The smallest absolute Gasteiger partial charge is 0.321 e. The van der Waals surface area contributed by atoms with Gasteiger partial charge >= 0.3 is 12.0 Å². The van der Waals surface area contributed by atoms with Gasteiger partial charge in [-0.05, 0) is 32.9 Å². The average Bonchev–Trinajstić information content (AvgIpc) is 2.54. The molecule has 2 rings (SSSR count). The van der Waals surface area contributed by atoms with E-state index >= 15 is 0 Å². The Bertz CT molecular complexity index is 722. The number of esters is 1. The van der Waals surface area contributed by atoms with Gasteiger partial charge in [-0.2, -0.15) is 0 Å². The molecule has 0 spiro atoms. The number of hydrogen-bond acceptors (Lipinski definition) is 6. The molecule has 0 saturated heterocycles. The molecule has 1 heterocycles. The maximum atomic E-state index is 12.1. The molecule has 3 N–H and O–H groups in total. The minimum absolute atomic E-state index is 0.134. The number of imide groups is 1. The Labute approximate surface area is 155 Å². The first kappa shape index (κ1) is 19.8. The molecule has 1 aliphatic heterocycles. The van der Waals surface area contributed by atoms with Crippen molar-refractivity contribution >= 4 is 41.3 Å². The summed E-state index contributed by atoms with van der Waals surface area (Å²) in [5.41, 5.74) is 0.705. The predicted octanol–water partition coefficient (Wildman–Crippen LogP) is 1.66. The zero-order valence-corrected chi connectivity index (χ0v) is 15.5. The second-order valence-electron chi connectivity index (χ2n) is 6.05. The molecule has 140 valence electrons. The Kier molecular flexibility index (Phi) is 6.62. The summed E-state index contributed by atoms with van der Waals surface area (Å²) in [6.07, 6.45) is -1.33. The van der Waals surface area contributed by atoms with Gasteiger partial charge in [0.1, 0.15) is 0 Å². The topological polar surface area (TPSA) is 114 Å². The fraction of sp³-hybridized carbons (Fsp3) is 0.412. The van der Waals surface area contributed by atoms with E-state index in [1.807, 2.05) is 18.2 Å². The third-order valence-electron chi connectivity index (χ3n) is 3.39. The number of rotatable bonds is 5. The quantitative estimate of drug-likeness (QED) is 0.671. The third-order valence-corrected chi connectivity index (χ3v) is 4.67. The molecule has 1 aromatic carbocycles. The van der Waals surface area contributed by atoms with Crippen LogP contribution in [0.4, 0.5) is 10.5 Å². The molecule has 1 aromatic rings. The highest BCUT2D eigenvalue weighted by atomic mass is 32.2. The van der Waals surface area contributed by atoms with Crippen LogP contribution in [0.3, 0.4) is 0 Å². The first-order valence-electron chi connectivity index (χ1n) is 8.13. The second-order valence-corrected chi connectivity index (χ2v) is 7.29. The van der Waals surface area contributed by atoms with Gasteiger partial charge in [0.15, 0.2) is 6.10 Å². The van der Waals surface area contributed by atoms with E-state index in [0.717, 1.165) is 4.90 Å². The Hall–Kier alpha value is -2.55. The van der Waals surface area contributed by atoms with Crippen LogP contribution in [0.25, 0.3) is 0 Å². The average molecular weight is 379 g/mol. The van der Waals surface area contributed by atoms with Crippen LogP contribution in [-0.4, -0.2) is 41.2 Å². The molecular weight excluding hydrogens is 358 g/mol. The number of carbonyl (C=O) groups is 4. The van der Waals surface area contributed by atoms with Crippen LogP contribution in [0.1, 0.15) is 27.2 Å². The van der Waals surface area contributed by atoms with Gasteiger partial charge < -0.3 is 15.4 Å². The van der Waals surface area contributed by atoms with E-state index in [2.05, 4.69) is 16.0 Å². The van der Waals surface area contributed by atoms with Crippen molar-refractivity contribution in [1.29, 1.82) is 0 Å². The van der Waals surface area contributed by atoms with Gasteiger partial charge in [0.2, 0.25) is 5.91 Å². The maximum Gasteiger partial charge on any atom is 0.321 e. The van der Waals surface area contributed by atoms with Crippen LogP contribution < -0.4 is 16.0 Å². The standard InChI is InChI=1S/C17H21N3O5S/c1-9(2)18-17(24)20-15(22)10(3)25-14(21)8-13-16(23)19-11-6-4-5-7-12(11)26-13/h4-7,9-10,13H,8H2,1-3H3,(H,19,23)(H2,18,20,22,24)/t10-,13-/m0/s1. The van der Waals surface area contributed by atoms with E-state index in [9.17, 15) is 19.2 Å². The number of urea groups is 1. The molecule has 0 bridgehead atoms. The fourth-order valence-corrected chi connectivity index (χ4v) is 3.28.